The number of carbonyl (C=O) groups excluding carboxylic acids is 1. The van der Waals surface area contributed by atoms with Crippen molar-refractivity contribution in [2.45, 2.75) is 0 Å². The lowest BCUT2D eigenvalue weighted by Crippen LogP contribution is -2.07. The lowest BCUT2D eigenvalue weighted by atomic mass is 10.1. The van der Waals surface area contributed by atoms with E-state index in [9.17, 15) is 9.59 Å². The van der Waals surface area contributed by atoms with Crippen molar-refractivity contribution in [3.8, 4) is 0 Å². The number of carbonyl (C=O) groups is 1. The standard InChI is InChI=1S/C9H8N2O3/c1-14-9(13)5-3-2-4-6-7(5)8(12)11-10-6/h2-4H,1H3,(H2,10,11,12). The van der Waals surface area contributed by atoms with Crippen molar-refractivity contribution in [2.75, 3.05) is 7.11 Å². The second kappa shape index (κ2) is 3.02. The molecule has 1 aromatic heterocycles. The summed E-state index contributed by atoms with van der Waals surface area (Å²) in [4.78, 5) is 22.6. The zero-order valence-electron chi connectivity index (χ0n) is 7.46. The number of aromatic amines is 2. The fourth-order valence-corrected chi connectivity index (χ4v) is 1.37. The molecule has 0 aliphatic carbocycles. The van der Waals surface area contributed by atoms with Crippen LogP contribution in [0.25, 0.3) is 10.9 Å². The maximum atomic E-state index is 11.3. The Balaban J connectivity index is 2.82. The molecule has 0 saturated carbocycles. The average Bonchev–Trinajstić information content (AvgIpc) is 2.59. The topological polar surface area (TPSA) is 75.0 Å². The third-order valence-electron chi connectivity index (χ3n) is 2.01. The molecule has 0 aliphatic heterocycles. The molecule has 0 aliphatic rings. The Kier molecular flexibility index (Phi) is 1.85. The fourth-order valence-electron chi connectivity index (χ4n) is 1.37. The Morgan fingerprint density at radius 2 is 2.14 bits per heavy atom. The van der Waals surface area contributed by atoms with Gasteiger partial charge in [0.1, 0.15) is 0 Å². The van der Waals surface area contributed by atoms with Crippen LogP contribution in [0.4, 0.5) is 0 Å². The predicted octanol–water partition coefficient (Wildman–Crippen LogP) is 0.643. The van der Waals surface area contributed by atoms with E-state index >= 15 is 0 Å². The number of benzene rings is 1. The fraction of sp³-hybridized carbons (Fsp3) is 0.111. The highest BCUT2D eigenvalue weighted by molar-refractivity contribution is 6.03. The van der Waals surface area contributed by atoms with Gasteiger partial charge < -0.3 is 4.74 Å². The van der Waals surface area contributed by atoms with E-state index in [1.54, 1.807) is 18.2 Å². The van der Waals surface area contributed by atoms with Crippen LogP contribution in [-0.4, -0.2) is 23.3 Å². The van der Waals surface area contributed by atoms with Gasteiger partial charge in [-0.1, -0.05) is 6.07 Å². The van der Waals surface area contributed by atoms with Gasteiger partial charge in [0.15, 0.2) is 0 Å². The first-order valence-corrected chi connectivity index (χ1v) is 4.01. The van der Waals surface area contributed by atoms with Crippen LogP contribution in [0.15, 0.2) is 23.0 Å². The third-order valence-corrected chi connectivity index (χ3v) is 2.01. The molecule has 5 nitrogen and oxygen atoms in total. The average molecular weight is 192 g/mol. The molecule has 0 amide bonds. The SMILES string of the molecule is COC(=O)c1cccc2[nH][nH]c(=O)c12. The summed E-state index contributed by atoms with van der Waals surface area (Å²) >= 11 is 0. The van der Waals surface area contributed by atoms with Gasteiger partial charge in [0.2, 0.25) is 0 Å². The molecular weight excluding hydrogens is 184 g/mol. The Morgan fingerprint density at radius 3 is 2.86 bits per heavy atom. The quantitative estimate of drug-likeness (QED) is 0.651. The first-order valence-electron chi connectivity index (χ1n) is 4.01. The summed E-state index contributed by atoms with van der Waals surface area (Å²) < 4.78 is 4.56. The zero-order valence-corrected chi connectivity index (χ0v) is 7.46. The predicted molar refractivity (Wildman–Crippen MR) is 50.3 cm³/mol. The normalized spacial score (nSPS) is 10.4. The number of esters is 1. The van der Waals surface area contributed by atoms with Crippen molar-refractivity contribution in [2.24, 2.45) is 0 Å². The zero-order chi connectivity index (χ0) is 10.1. The van der Waals surface area contributed by atoms with E-state index in [0.717, 1.165) is 0 Å². The molecule has 1 heterocycles. The van der Waals surface area contributed by atoms with E-state index in [1.165, 1.54) is 7.11 Å². The summed E-state index contributed by atoms with van der Waals surface area (Å²) in [5, 5.41) is 5.40. The first kappa shape index (κ1) is 8.55. The molecule has 14 heavy (non-hydrogen) atoms. The van der Waals surface area contributed by atoms with Gasteiger partial charge in [-0.05, 0) is 12.1 Å². The number of hydrogen-bond acceptors (Lipinski definition) is 3. The van der Waals surface area contributed by atoms with E-state index in [0.29, 0.717) is 10.9 Å². The molecule has 72 valence electrons. The van der Waals surface area contributed by atoms with Gasteiger partial charge in [0, 0.05) is 0 Å². The van der Waals surface area contributed by atoms with Crippen LogP contribution in [0.2, 0.25) is 0 Å². The molecule has 2 aromatic rings. The summed E-state index contributed by atoms with van der Waals surface area (Å²) in [5.41, 5.74) is 0.548. The minimum atomic E-state index is -0.513. The second-order valence-electron chi connectivity index (χ2n) is 2.80. The monoisotopic (exact) mass is 192 g/mol. The van der Waals surface area contributed by atoms with Gasteiger partial charge >= 0.3 is 5.97 Å². The number of hydrogen-bond donors (Lipinski definition) is 2. The van der Waals surface area contributed by atoms with Crippen molar-refractivity contribution < 1.29 is 9.53 Å². The van der Waals surface area contributed by atoms with Crippen LogP contribution in [-0.2, 0) is 4.74 Å². The molecular formula is C9H8N2O3. The minimum absolute atomic E-state index is 0.271. The largest absolute Gasteiger partial charge is 0.465 e. The Hall–Kier alpha value is -2.04. The van der Waals surface area contributed by atoms with E-state index < -0.39 is 5.97 Å². The Morgan fingerprint density at radius 1 is 1.36 bits per heavy atom. The van der Waals surface area contributed by atoms with Gasteiger partial charge in [-0.2, -0.15) is 0 Å². The summed E-state index contributed by atoms with van der Waals surface area (Å²) in [6.07, 6.45) is 0. The van der Waals surface area contributed by atoms with Crippen LogP contribution in [0.5, 0.6) is 0 Å². The number of methoxy groups -OCH3 is 1. The molecule has 1 aromatic carbocycles. The number of nitrogens with one attached hydrogen (secondary N) is 2. The van der Waals surface area contributed by atoms with Crippen LogP contribution in [0, 0.1) is 0 Å². The van der Waals surface area contributed by atoms with E-state index in [1.807, 2.05) is 0 Å². The molecule has 0 bridgehead atoms. The van der Waals surface area contributed by atoms with Gasteiger partial charge in [-0.15, -0.1) is 0 Å². The van der Waals surface area contributed by atoms with Crippen LogP contribution in [0.1, 0.15) is 10.4 Å². The van der Waals surface area contributed by atoms with Crippen molar-refractivity contribution in [3.05, 3.63) is 34.1 Å². The lowest BCUT2D eigenvalue weighted by Gasteiger charge is -1.98. The first-order chi connectivity index (χ1) is 6.74. The highest BCUT2D eigenvalue weighted by Gasteiger charge is 2.13. The number of rotatable bonds is 1. The van der Waals surface area contributed by atoms with Gasteiger partial charge in [-0.25, -0.2) is 4.79 Å². The van der Waals surface area contributed by atoms with Crippen LogP contribution < -0.4 is 5.56 Å². The number of aromatic nitrogens is 2. The third kappa shape index (κ3) is 1.10. The molecule has 0 radical (unpaired) electrons. The van der Waals surface area contributed by atoms with Crippen molar-refractivity contribution in [1.29, 1.82) is 0 Å². The highest BCUT2D eigenvalue weighted by atomic mass is 16.5. The smallest absolute Gasteiger partial charge is 0.338 e. The Bertz CT molecular complexity index is 538. The molecule has 0 spiro atoms. The molecule has 0 saturated heterocycles. The van der Waals surface area contributed by atoms with Crippen molar-refractivity contribution in [3.63, 3.8) is 0 Å². The van der Waals surface area contributed by atoms with E-state index in [2.05, 4.69) is 14.9 Å². The highest BCUT2D eigenvalue weighted by Crippen LogP contribution is 2.12. The van der Waals surface area contributed by atoms with Gasteiger partial charge in [-0.3, -0.25) is 15.0 Å². The molecule has 2 N–H and O–H groups in total. The maximum Gasteiger partial charge on any atom is 0.338 e. The summed E-state index contributed by atoms with van der Waals surface area (Å²) in [6, 6.07) is 4.94. The molecule has 0 unspecified atom stereocenters. The van der Waals surface area contributed by atoms with Crippen molar-refractivity contribution >= 4 is 16.9 Å². The number of ether oxygens (including phenoxy) is 1. The van der Waals surface area contributed by atoms with Gasteiger partial charge in [0.25, 0.3) is 5.56 Å². The minimum Gasteiger partial charge on any atom is -0.465 e. The van der Waals surface area contributed by atoms with Gasteiger partial charge in [0.05, 0.1) is 23.6 Å². The summed E-state index contributed by atoms with van der Waals surface area (Å²) in [6.45, 7) is 0. The Labute approximate surface area is 78.7 Å². The van der Waals surface area contributed by atoms with Crippen molar-refractivity contribution in [1.82, 2.24) is 10.2 Å². The number of fused-ring (bicyclic) bond motifs is 1. The van der Waals surface area contributed by atoms with Crippen LogP contribution in [0.3, 0.4) is 0 Å². The molecule has 0 fully saturated rings. The number of H-pyrrole nitrogens is 2. The lowest BCUT2D eigenvalue weighted by molar-refractivity contribution is 0.0603. The van der Waals surface area contributed by atoms with E-state index in [-0.39, 0.29) is 11.1 Å². The summed E-state index contributed by atoms with van der Waals surface area (Å²) in [5.74, 6) is -0.513. The maximum absolute atomic E-state index is 11.3. The van der Waals surface area contributed by atoms with Crippen LogP contribution >= 0.6 is 0 Å². The van der Waals surface area contributed by atoms with E-state index in [4.69, 9.17) is 0 Å². The second-order valence-corrected chi connectivity index (χ2v) is 2.80. The molecule has 2 rings (SSSR count). The summed E-state index contributed by atoms with van der Waals surface area (Å²) in [7, 11) is 1.28. The molecule has 5 heteroatoms. The molecule has 0 atom stereocenters.